The highest BCUT2D eigenvalue weighted by molar-refractivity contribution is 6.78. The van der Waals surface area contributed by atoms with Crippen molar-refractivity contribution in [1.82, 2.24) is 0 Å². The largest absolute Gasteiger partial charge is 0.416 e. The van der Waals surface area contributed by atoms with Crippen LogP contribution in [-0.4, -0.2) is 14.9 Å². The van der Waals surface area contributed by atoms with E-state index < -0.39 is 8.32 Å². The highest BCUT2D eigenvalue weighted by Gasteiger charge is 2.54. The fourth-order valence-electron chi connectivity index (χ4n) is 7.89. The van der Waals surface area contributed by atoms with Gasteiger partial charge in [0.15, 0.2) is 0 Å². The summed E-state index contributed by atoms with van der Waals surface area (Å²) in [6, 6.07) is 0. The minimum atomic E-state index is -1.68. The lowest BCUT2D eigenvalue weighted by molar-refractivity contribution is 0.203. The summed E-state index contributed by atoms with van der Waals surface area (Å²) in [5.41, 5.74) is 3.04. The van der Waals surface area contributed by atoms with Crippen LogP contribution in [-0.2, 0) is 4.43 Å². The van der Waals surface area contributed by atoms with Crippen molar-refractivity contribution in [1.29, 1.82) is 0 Å². The molecule has 0 radical (unpaired) electrons. The van der Waals surface area contributed by atoms with E-state index in [0.29, 0.717) is 0 Å². The highest BCUT2D eigenvalue weighted by atomic mass is 28.4. The monoisotopic (exact) mass is 404 g/mol. The van der Waals surface area contributed by atoms with E-state index in [1.807, 2.05) is 0 Å². The van der Waals surface area contributed by atoms with Crippen molar-refractivity contribution in [2.45, 2.75) is 151 Å². The summed E-state index contributed by atoms with van der Waals surface area (Å²) >= 11 is 0. The Morgan fingerprint density at radius 3 is 1.21 bits per heavy atom. The van der Waals surface area contributed by atoms with Crippen molar-refractivity contribution < 1.29 is 4.43 Å². The van der Waals surface area contributed by atoms with Crippen LogP contribution in [0.5, 0.6) is 0 Å². The first-order valence-electron chi connectivity index (χ1n) is 13.5. The summed E-state index contributed by atoms with van der Waals surface area (Å²) in [7, 11) is -1.68. The first kappa shape index (κ1) is 21.4. The molecule has 4 rings (SSSR count). The molecule has 4 fully saturated rings. The second-order valence-electron chi connectivity index (χ2n) is 11.0. The van der Waals surface area contributed by atoms with Crippen LogP contribution in [0.15, 0.2) is 0 Å². The van der Waals surface area contributed by atoms with Crippen molar-refractivity contribution in [3.63, 3.8) is 0 Å². The van der Waals surface area contributed by atoms with Gasteiger partial charge >= 0.3 is 0 Å². The second kappa shape index (κ2) is 11.0. The van der Waals surface area contributed by atoms with Crippen molar-refractivity contribution in [2.24, 2.45) is 5.92 Å². The topological polar surface area (TPSA) is 9.23 Å². The minimum absolute atomic E-state index is 0.990. The summed E-state index contributed by atoms with van der Waals surface area (Å²) in [5, 5.41) is 0. The predicted octanol–water partition coefficient (Wildman–Crippen LogP) is 8.92. The molecule has 0 aliphatic heterocycles. The molecule has 4 saturated carbocycles. The molecule has 1 nitrogen and oxygen atoms in total. The molecule has 0 spiro atoms. The van der Waals surface area contributed by atoms with Gasteiger partial charge in [0.1, 0.15) is 0 Å². The molecule has 28 heavy (non-hydrogen) atoms. The molecule has 2 heteroatoms. The van der Waals surface area contributed by atoms with Crippen molar-refractivity contribution in [2.75, 3.05) is 6.61 Å². The zero-order valence-corrected chi connectivity index (χ0v) is 19.8. The van der Waals surface area contributed by atoms with Gasteiger partial charge in [-0.3, -0.25) is 0 Å². The van der Waals surface area contributed by atoms with E-state index in [0.717, 1.165) is 29.1 Å². The van der Waals surface area contributed by atoms with E-state index in [1.165, 1.54) is 135 Å². The average Bonchev–Trinajstić information content (AvgIpc) is 2.79. The van der Waals surface area contributed by atoms with Crippen molar-refractivity contribution in [3.05, 3.63) is 0 Å². The van der Waals surface area contributed by atoms with E-state index in [-0.39, 0.29) is 0 Å². The van der Waals surface area contributed by atoms with Gasteiger partial charge in [0.25, 0.3) is 0 Å². The lowest BCUT2D eigenvalue weighted by Gasteiger charge is -2.52. The van der Waals surface area contributed by atoms with Crippen LogP contribution in [0.4, 0.5) is 0 Å². The summed E-state index contributed by atoms with van der Waals surface area (Å²) in [5.74, 6) is 0.990. The fraction of sp³-hybridized carbons (Fsp3) is 1.00. The van der Waals surface area contributed by atoms with E-state index >= 15 is 0 Å². The molecule has 4 aliphatic carbocycles. The normalized spacial score (nSPS) is 27.9. The van der Waals surface area contributed by atoms with Crippen LogP contribution < -0.4 is 0 Å². The molecule has 0 aromatic rings. The Bertz CT molecular complexity index is 380. The van der Waals surface area contributed by atoms with Crippen molar-refractivity contribution in [3.8, 4) is 0 Å². The maximum Gasteiger partial charge on any atom is 0.201 e. The summed E-state index contributed by atoms with van der Waals surface area (Å²) in [6.45, 7) is 1.14. The zero-order valence-electron chi connectivity index (χ0n) is 18.8. The van der Waals surface area contributed by atoms with Gasteiger partial charge in [0.05, 0.1) is 0 Å². The van der Waals surface area contributed by atoms with Gasteiger partial charge < -0.3 is 4.43 Å². The maximum absolute atomic E-state index is 7.49. The molecular formula is C26H48OSi. The number of rotatable bonds is 7. The second-order valence-corrected chi connectivity index (χ2v) is 15.4. The molecule has 0 saturated heterocycles. The molecular weight excluding hydrogens is 356 g/mol. The predicted molar refractivity (Wildman–Crippen MR) is 123 cm³/mol. The Balaban J connectivity index is 1.52. The first-order chi connectivity index (χ1) is 13.9. The molecule has 0 aromatic carbocycles. The number of hydrogen-bond acceptors (Lipinski definition) is 1. The Morgan fingerprint density at radius 2 is 0.821 bits per heavy atom. The van der Waals surface area contributed by atoms with Crippen LogP contribution in [0.2, 0.25) is 16.6 Å². The quantitative estimate of drug-likeness (QED) is 0.385. The Hall–Kier alpha value is 0.177. The molecule has 0 aromatic heterocycles. The molecule has 0 atom stereocenters. The van der Waals surface area contributed by atoms with Crippen LogP contribution in [0.1, 0.15) is 135 Å². The van der Waals surface area contributed by atoms with E-state index in [1.54, 1.807) is 0 Å². The van der Waals surface area contributed by atoms with Gasteiger partial charge in [-0.25, -0.2) is 0 Å². The third-order valence-electron chi connectivity index (χ3n) is 9.33. The Kier molecular flexibility index (Phi) is 8.40. The standard InChI is InChI=1S/C26H48OSi/c1-5-13-23(14-6-1)21-22-27-28(24-15-7-2-8-16-24,25-17-9-3-10-18-25)26-19-11-4-12-20-26/h23-26H,1-22H2. The van der Waals surface area contributed by atoms with Gasteiger partial charge in [-0.2, -0.15) is 0 Å². The van der Waals surface area contributed by atoms with Gasteiger partial charge in [0, 0.05) is 6.61 Å². The lowest BCUT2D eigenvalue weighted by atomic mass is 9.87. The minimum Gasteiger partial charge on any atom is -0.416 e. The zero-order chi connectivity index (χ0) is 19.1. The maximum atomic E-state index is 7.49. The molecule has 0 N–H and O–H groups in total. The summed E-state index contributed by atoms with van der Waals surface area (Å²) in [4.78, 5) is 0. The Labute approximate surface area is 176 Å². The van der Waals surface area contributed by atoms with E-state index in [2.05, 4.69) is 0 Å². The van der Waals surface area contributed by atoms with Gasteiger partial charge in [0.2, 0.25) is 8.32 Å². The van der Waals surface area contributed by atoms with Crippen LogP contribution >= 0.6 is 0 Å². The summed E-state index contributed by atoms with van der Waals surface area (Å²) < 4.78 is 7.49. The van der Waals surface area contributed by atoms with E-state index in [9.17, 15) is 0 Å². The fourth-order valence-corrected chi connectivity index (χ4v) is 15.0. The first-order valence-corrected chi connectivity index (χ1v) is 15.7. The van der Waals surface area contributed by atoms with Crippen LogP contribution in [0.3, 0.4) is 0 Å². The molecule has 0 amide bonds. The van der Waals surface area contributed by atoms with Crippen LogP contribution in [0, 0.1) is 5.92 Å². The Morgan fingerprint density at radius 1 is 0.464 bits per heavy atom. The highest BCUT2D eigenvalue weighted by Crippen LogP contribution is 2.57. The smallest absolute Gasteiger partial charge is 0.201 e. The number of hydrogen-bond donors (Lipinski definition) is 0. The molecule has 0 bridgehead atoms. The average molecular weight is 405 g/mol. The van der Waals surface area contributed by atoms with Gasteiger partial charge in [-0.15, -0.1) is 0 Å². The van der Waals surface area contributed by atoms with Crippen molar-refractivity contribution >= 4 is 8.32 Å². The molecule has 4 aliphatic rings. The third kappa shape index (κ3) is 5.08. The lowest BCUT2D eigenvalue weighted by Crippen LogP contribution is -2.54. The molecule has 162 valence electrons. The van der Waals surface area contributed by atoms with Crippen LogP contribution in [0.25, 0.3) is 0 Å². The van der Waals surface area contributed by atoms with Gasteiger partial charge in [-0.1, -0.05) is 128 Å². The SMILES string of the molecule is C1CCC(CCO[Si](C2CCCCC2)(C2CCCCC2)C2CCCCC2)CC1. The van der Waals surface area contributed by atoms with E-state index in [4.69, 9.17) is 4.43 Å². The molecule has 0 heterocycles. The van der Waals surface area contributed by atoms with Gasteiger partial charge in [-0.05, 0) is 29.0 Å². The summed E-state index contributed by atoms with van der Waals surface area (Å²) in [6.07, 6.45) is 31.5. The molecule has 0 unspecified atom stereocenters. The third-order valence-corrected chi connectivity index (χ3v) is 15.6.